The molecule has 2 heterocycles. The van der Waals surface area contributed by atoms with Gasteiger partial charge in [-0.2, -0.15) is 0 Å². The van der Waals surface area contributed by atoms with Crippen molar-refractivity contribution in [3.8, 4) is 0 Å². The van der Waals surface area contributed by atoms with Gasteiger partial charge < -0.3 is 39.4 Å². The summed E-state index contributed by atoms with van der Waals surface area (Å²) in [5, 5.41) is 38.7. The van der Waals surface area contributed by atoms with Crippen LogP contribution in [0.1, 0.15) is 40.0 Å². The minimum atomic E-state index is -1.60. The molecule has 8 atom stereocenters. The number of ketones is 3. The van der Waals surface area contributed by atoms with Crippen molar-refractivity contribution in [2.45, 2.75) is 83.3 Å². The second-order valence-corrected chi connectivity index (χ2v) is 9.89. The van der Waals surface area contributed by atoms with Crippen molar-refractivity contribution in [2.24, 2.45) is 16.2 Å². The molecule has 11 nitrogen and oxygen atoms in total. The van der Waals surface area contributed by atoms with Crippen LogP contribution in [0.25, 0.3) is 0 Å². The van der Waals surface area contributed by atoms with Gasteiger partial charge in [0.05, 0.1) is 13.2 Å². The van der Waals surface area contributed by atoms with E-state index in [2.05, 4.69) is 0 Å². The van der Waals surface area contributed by atoms with Gasteiger partial charge in [-0.05, 0) is 18.3 Å². The molecule has 0 aromatic heterocycles. The van der Waals surface area contributed by atoms with Crippen LogP contribution in [0.5, 0.6) is 0 Å². The van der Waals surface area contributed by atoms with Crippen LogP contribution in [0.15, 0.2) is 0 Å². The number of fused-ring (bicyclic) bond motifs is 2. The van der Waals surface area contributed by atoms with Crippen molar-refractivity contribution in [3.63, 3.8) is 0 Å². The lowest BCUT2D eigenvalue weighted by molar-refractivity contribution is -0.321. The molecule has 0 spiro atoms. The van der Waals surface area contributed by atoms with Gasteiger partial charge in [0.1, 0.15) is 30.2 Å². The first kappa shape index (κ1) is 23.8. The Morgan fingerprint density at radius 2 is 1.38 bits per heavy atom. The Bertz CT molecular complexity index is 774. The van der Waals surface area contributed by atoms with Crippen LogP contribution in [0.4, 0.5) is 0 Å². The Morgan fingerprint density at radius 3 is 1.69 bits per heavy atom. The Kier molecular flexibility index (Phi) is 5.87. The van der Waals surface area contributed by atoms with Crippen LogP contribution in [0.2, 0.25) is 0 Å². The Balaban J connectivity index is 1.66. The van der Waals surface area contributed by atoms with Crippen molar-refractivity contribution < 1.29 is 53.8 Å². The molecule has 2 aliphatic heterocycles. The van der Waals surface area contributed by atoms with E-state index >= 15 is 0 Å². The number of carbonyl (C=O) groups excluding carboxylic acids is 3. The summed E-state index contributed by atoms with van der Waals surface area (Å²) in [4.78, 5) is 37.9. The maximum absolute atomic E-state index is 12.9. The molecule has 32 heavy (non-hydrogen) atoms. The van der Waals surface area contributed by atoms with Gasteiger partial charge in [-0.25, -0.2) is 0 Å². The molecule has 11 heteroatoms. The molecule has 0 aromatic rings. The highest BCUT2D eigenvalue weighted by Gasteiger charge is 2.73. The maximum Gasteiger partial charge on any atom is 0.223 e. The summed E-state index contributed by atoms with van der Waals surface area (Å²) in [6, 6.07) is 0. The topological polar surface area (TPSA) is 169 Å². The first-order valence-electron chi connectivity index (χ1n) is 10.7. The zero-order valence-electron chi connectivity index (χ0n) is 18.2. The van der Waals surface area contributed by atoms with E-state index in [1.54, 1.807) is 0 Å². The number of hydrogen-bond donors (Lipinski definition) is 4. The van der Waals surface area contributed by atoms with Crippen molar-refractivity contribution in [3.05, 3.63) is 0 Å². The third-order valence-corrected chi connectivity index (χ3v) is 8.44. The van der Waals surface area contributed by atoms with E-state index in [1.165, 1.54) is 0 Å². The van der Waals surface area contributed by atoms with Gasteiger partial charge in [0.2, 0.25) is 24.1 Å². The fraction of sp³-hybridized carbons (Fsp3) is 0.857. The monoisotopic (exact) mass is 458 g/mol. The lowest BCUT2D eigenvalue weighted by Crippen LogP contribution is -2.50. The first-order chi connectivity index (χ1) is 14.9. The van der Waals surface area contributed by atoms with Gasteiger partial charge in [-0.15, -0.1) is 0 Å². The molecule has 2 aliphatic carbocycles. The van der Waals surface area contributed by atoms with Crippen LogP contribution < -0.4 is 0 Å². The molecular weight excluding hydrogens is 428 g/mol. The van der Waals surface area contributed by atoms with Gasteiger partial charge in [0.15, 0.2) is 6.29 Å². The molecular formula is C21H30O11. The summed E-state index contributed by atoms with van der Waals surface area (Å²) in [6.07, 6.45) is -8.96. The van der Waals surface area contributed by atoms with E-state index < -0.39 is 84.3 Å². The molecule has 2 bridgehead atoms. The summed E-state index contributed by atoms with van der Waals surface area (Å²) >= 11 is 0. The number of aliphatic hydroxyl groups excluding tert-OH is 4. The average Bonchev–Trinajstić information content (AvgIpc) is 3.31. The average molecular weight is 458 g/mol. The predicted octanol–water partition coefficient (Wildman–Crippen LogP) is -1.57. The summed E-state index contributed by atoms with van der Waals surface area (Å²) in [5.41, 5.74) is -2.27. The Labute approximate surface area is 184 Å². The Hall–Kier alpha value is -1.31. The van der Waals surface area contributed by atoms with Gasteiger partial charge in [0.25, 0.3) is 0 Å². The highest BCUT2D eigenvalue weighted by Crippen LogP contribution is 2.72. The molecule has 0 aromatic carbocycles. The van der Waals surface area contributed by atoms with E-state index in [0.717, 1.165) is 0 Å². The number of rotatable bonds is 7. The van der Waals surface area contributed by atoms with Gasteiger partial charge >= 0.3 is 0 Å². The van der Waals surface area contributed by atoms with Gasteiger partial charge in [0, 0.05) is 17.3 Å². The van der Waals surface area contributed by atoms with Crippen LogP contribution >= 0.6 is 0 Å². The quantitative estimate of drug-likeness (QED) is 0.325. The lowest BCUT2D eigenvalue weighted by Gasteiger charge is -2.45. The summed E-state index contributed by atoms with van der Waals surface area (Å²) < 4.78 is 22.5. The van der Waals surface area contributed by atoms with Crippen molar-refractivity contribution in [2.75, 3.05) is 13.2 Å². The number of carbonyl (C=O) groups is 3. The minimum absolute atomic E-state index is 0.00447. The summed E-state index contributed by atoms with van der Waals surface area (Å²) in [7, 11) is 0. The molecule has 4 N–H and O–H groups in total. The largest absolute Gasteiger partial charge is 0.394 e. The molecule has 4 rings (SSSR count). The van der Waals surface area contributed by atoms with Crippen molar-refractivity contribution in [1.82, 2.24) is 0 Å². The molecule has 2 saturated carbocycles. The van der Waals surface area contributed by atoms with E-state index in [0.29, 0.717) is 12.8 Å². The second kappa shape index (κ2) is 7.88. The third-order valence-electron chi connectivity index (χ3n) is 8.44. The zero-order chi connectivity index (χ0) is 23.6. The number of Topliss-reactive ketones (excluding diaryl/α,β-unsaturated/α-hetero) is 3. The highest BCUT2D eigenvalue weighted by atomic mass is 16.8. The van der Waals surface area contributed by atoms with Crippen molar-refractivity contribution >= 4 is 17.3 Å². The molecule has 180 valence electrons. The van der Waals surface area contributed by atoms with Crippen LogP contribution in [-0.2, 0) is 33.3 Å². The zero-order valence-corrected chi connectivity index (χ0v) is 18.2. The Morgan fingerprint density at radius 1 is 0.906 bits per heavy atom. The number of hydrogen-bond acceptors (Lipinski definition) is 11. The molecule has 0 amide bonds. The van der Waals surface area contributed by atoms with Crippen molar-refractivity contribution in [1.29, 1.82) is 0 Å². The van der Waals surface area contributed by atoms with Gasteiger partial charge in [-0.3, -0.25) is 14.4 Å². The number of aliphatic hydroxyl groups is 4. The fourth-order valence-electron chi connectivity index (χ4n) is 5.67. The van der Waals surface area contributed by atoms with E-state index in [9.17, 15) is 34.8 Å². The second-order valence-electron chi connectivity index (χ2n) is 9.89. The fourth-order valence-corrected chi connectivity index (χ4v) is 5.67. The maximum atomic E-state index is 12.9. The first-order valence-corrected chi connectivity index (χ1v) is 10.7. The van der Waals surface area contributed by atoms with Gasteiger partial charge in [-0.1, -0.05) is 20.8 Å². The molecule has 4 fully saturated rings. The standard InChI is InChI=1S/C21H30O11/c1-19(2)20(3)4-5-21(19,6-11(20)24)18(31-16-14(27)12(25)9(7-22)29-16)32-17-15(28)13(26)10(8-23)30-17/h9-10,12-13,16-18,22-23,25-26H,4-8H2,1-3H3/t9-,10-,12+,13+,16?,17?,18?,20?,21?/m1/s1. The van der Waals surface area contributed by atoms with E-state index in [1.807, 2.05) is 20.8 Å². The molecule has 4 aliphatic rings. The van der Waals surface area contributed by atoms with Crippen LogP contribution in [-0.4, -0.2) is 94.3 Å². The van der Waals surface area contributed by atoms with Crippen LogP contribution in [0, 0.1) is 16.2 Å². The summed E-state index contributed by atoms with van der Waals surface area (Å²) in [5.74, 6) is -1.63. The van der Waals surface area contributed by atoms with E-state index in [4.69, 9.17) is 18.9 Å². The van der Waals surface area contributed by atoms with E-state index in [-0.39, 0.29) is 12.2 Å². The molecule has 0 radical (unpaired) electrons. The summed E-state index contributed by atoms with van der Waals surface area (Å²) in [6.45, 7) is 4.44. The predicted molar refractivity (Wildman–Crippen MR) is 103 cm³/mol. The highest BCUT2D eigenvalue weighted by molar-refractivity contribution is 5.91. The molecule has 2 saturated heterocycles. The number of ether oxygens (including phenoxy) is 4. The third kappa shape index (κ3) is 3.07. The minimum Gasteiger partial charge on any atom is -0.394 e. The molecule has 4 unspecified atom stereocenters. The normalized spacial score (nSPS) is 46.4. The van der Waals surface area contributed by atoms with Crippen LogP contribution in [0.3, 0.4) is 0 Å². The lowest BCUT2D eigenvalue weighted by atomic mass is 9.64. The smallest absolute Gasteiger partial charge is 0.223 e. The SMILES string of the molecule is CC12CCC(C(OC3O[C@H](CO)[C@H](O)C3=O)OC3O[C@H](CO)[C@H](O)C3=O)(CC1=O)C2(C)C.